The molecule has 0 saturated carbocycles. The van der Waals surface area contributed by atoms with Crippen LogP contribution < -0.4 is 4.90 Å². The number of carbonyl (C=O) groups excluding carboxylic acids is 1. The van der Waals surface area contributed by atoms with Crippen molar-refractivity contribution in [2.75, 3.05) is 10.7 Å². The van der Waals surface area contributed by atoms with E-state index in [1.807, 2.05) is 48.5 Å². The highest BCUT2D eigenvalue weighted by atomic mass is 79.9. The van der Waals surface area contributed by atoms with Crippen LogP contribution in [0.5, 0.6) is 0 Å². The molecule has 0 atom stereocenters. The van der Waals surface area contributed by atoms with Crippen LogP contribution in [0.15, 0.2) is 82.2 Å². The standard InChI is InChI=1S/C24H20BrClN2O3S2/c25-18-8-13-21-22(15-18)32-24(27-21)28(16-17-5-2-1-3-6-17)23(29)7-4-14-33(30,31)20-11-9-19(26)10-12-20/h1-3,5-6,8-13,15H,4,7,14,16H2. The number of hydrogen-bond donors (Lipinski definition) is 0. The minimum absolute atomic E-state index is 0.0965. The van der Waals surface area contributed by atoms with Crippen molar-refractivity contribution < 1.29 is 13.2 Å². The smallest absolute Gasteiger partial charge is 0.229 e. The minimum Gasteiger partial charge on any atom is -0.284 e. The Morgan fingerprint density at radius 2 is 1.76 bits per heavy atom. The number of nitrogens with zero attached hydrogens (tertiary/aromatic N) is 2. The lowest BCUT2D eigenvalue weighted by molar-refractivity contribution is -0.118. The molecule has 1 heterocycles. The van der Waals surface area contributed by atoms with Gasteiger partial charge in [-0.2, -0.15) is 0 Å². The molecule has 0 unspecified atom stereocenters. The Kier molecular flexibility index (Phi) is 7.48. The predicted molar refractivity (Wildman–Crippen MR) is 138 cm³/mol. The Bertz CT molecular complexity index is 1370. The number of benzene rings is 3. The van der Waals surface area contributed by atoms with Crippen LogP contribution in [0.4, 0.5) is 5.13 Å². The molecule has 9 heteroatoms. The molecule has 0 bridgehead atoms. The Morgan fingerprint density at radius 3 is 2.48 bits per heavy atom. The summed E-state index contributed by atoms with van der Waals surface area (Å²) in [6.45, 7) is 0.366. The van der Waals surface area contributed by atoms with Gasteiger partial charge in [0.2, 0.25) is 5.91 Å². The van der Waals surface area contributed by atoms with Crippen LogP contribution in [0.1, 0.15) is 18.4 Å². The number of carbonyl (C=O) groups is 1. The summed E-state index contributed by atoms with van der Waals surface area (Å²) in [5.74, 6) is -0.282. The molecule has 4 rings (SSSR count). The third-order valence-electron chi connectivity index (χ3n) is 5.03. The normalized spacial score (nSPS) is 11.6. The van der Waals surface area contributed by atoms with Gasteiger partial charge in [0.1, 0.15) is 0 Å². The maximum absolute atomic E-state index is 13.2. The molecule has 0 aliphatic carbocycles. The van der Waals surface area contributed by atoms with Crippen LogP contribution in [0.2, 0.25) is 5.02 Å². The highest BCUT2D eigenvalue weighted by Gasteiger charge is 2.22. The van der Waals surface area contributed by atoms with E-state index in [1.54, 1.807) is 17.0 Å². The van der Waals surface area contributed by atoms with Crippen LogP contribution in [0, 0.1) is 0 Å². The number of thiazole rings is 1. The largest absolute Gasteiger partial charge is 0.284 e. The summed E-state index contributed by atoms with van der Waals surface area (Å²) in [4.78, 5) is 19.7. The average Bonchev–Trinajstić information content (AvgIpc) is 3.21. The van der Waals surface area contributed by atoms with Crippen LogP contribution in [-0.4, -0.2) is 25.1 Å². The third-order valence-corrected chi connectivity index (χ3v) is 8.63. The topological polar surface area (TPSA) is 67.3 Å². The Balaban J connectivity index is 1.52. The van der Waals surface area contributed by atoms with E-state index in [1.165, 1.54) is 23.5 Å². The van der Waals surface area contributed by atoms with Gasteiger partial charge in [-0.3, -0.25) is 9.69 Å². The van der Waals surface area contributed by atoms with E-state index in [-0.39, 0.29) is 29.4 Å². The number of aromatic nitrogens is 1. The Morgan fingerprint density at radius 1 is 1.03 bits per heavy atom. The lowest BCUT2D eigenvalue weighted by Gasteiger charge is -2.20. The first-order chi connectivity index (χ1) is 15.8. The van der Waals surface area contributed by atoms with Crippen molar-refractivity contribution in [1.82, 2.24) is 4.98 Å². The van der Waals surface area contributed by atoms with Gasteiger partial charge >= 0.3 is 0 Å². The van der Waals surface area contributed by atoms with Crippen LogP contribution in [-0.2, 0) is 21.2 Å². The molecule has 0 aliphatic heterocycles. The van der Waals surface area contributed by atoms with Crippen molar-refractivity contribution >= 4 is 70.0 Å². The van der Waals surface area contributed by atoms with Gasteiger partial charge in [-0.05, 0) is 54.4 Å². The second-order valence-corrected chi connectivity index (χ2v) is 11.9. The molecule has 1 amide bonds. The average molecular weight is 564 g/mol. The van der Waals surface area contributed by atoms with Gasteiger partial charge in [-0.25, -0.2) is 13.4 Å². The molecule has 1 aromatic heterocycles. The molecule has 3 aromatic carbocycles. The van der Waals surface area contributed by atoms with E-state index >= 15 is 0 Å². The number of anilines is 1. The van der Waals surface area contributed by atoms with E-state index in [2.05, 4.69) is 20.9 Å². The van der Waals surface area contributed by atoms with Crippen molar-refractivity contribution in [3.8, 4) is 0 Å². The molecule has 0 N–H and O–H groups in total. The SMILES string of the molecule is O=C(CCCS(=O)(=O)c1ccc(Cl)cc1)N(Cc1ccccc1)c1nc2ccc(Br)cc2s1. The lowest BCUT2D eigenvalue weighted by atomic mass is 10.2. The molecule has 33 heavy (non-hydrogen) atoms. The molecule has 0 aliphatic rings. The molecule has 170 valence electrons. The maximum atomic E-state index is 13.2. The zero-order valence-electron chi connectivity index (χ0n) is 17.4. The van der Waals surface area contributed by atoms with Gasteiger partial charge in [0.25, 0.3) is 0 Å². The first-order valence-corrected chi connectivity index (χ1v) is 13.8. The summed E-state index contributed by atoms with van der Waals surface area (Å²) < 4.78 is 27.2. The van der Waals surface area contributed by atoms with Crippen molar-refractivity contribution in [2.24, 2.45) is 0 Å². The van der Waals surface area contributed by atoms with Crippen molar-refractivity contribution in [3.05, 3.63) is 87.9 Å². The maximum Gasteiger partial charge on any atom is 0.229 e. The highest BCUT2D eigenvalue weighted by Crippen LogP contribution is 2.32. The number of halogens is 2. The molecule has 0 fully saturated rings. The zero-order chi connectivity index (χ0) is 23.4. The lowest BCUT2D eigenvalue weighted by Crippen LogP contribution is -2.30. The monoisotopic (exact) mass is 562 g/mol. The fourth-order valence-electron chi connectivity index (χ4n) is 3.34. The number of sulfone groups is 1. The predicted octanol–water partition coefficient (Wildman–Crippen LogP) is 6.50. The minimum atomic E-state index is -3.49. The van der Waals surface area contributed by atoms with Gasteiger partial charge < -0.3 is 0 Å². The molecule has 0 radical (unpaired) electrons. The van der Waals surface area contributed by atoms with Gasteiger partial charge in [0.05, 0.1) is 27.4 Å². The second-order valence-electron chi connectivity index (χ2n) is 7.45. The summed E-state index contributed by atoms with van der Waals surface area (Å²) in [7, 11) is -3.49. The summed E-state index contributed by atoms with van der Waals surface area (Å²) in [6, 6.07) is 21.5. The van der Waals surface area contributed by atoms with E-state index in [4.69, 9.17) is 11.6 Å². The quantitative estimate of drug-likeness (QED) is 0.245. The van der Waals surface area contributed by atoms with Crippen molar-refractivity contribution in [3.63, 3.8) is 0 Å². The van der Waals surface area contributed by atoms with Gasteiger partial charge in [0.15, 0.2) is 15.0 Å². The molecule has 5 nitrogen and oxygen atoms in total. The Hall–Kier alpha value is -2.26. The second kappa shape index (κ2) is 10.3. The number of hydrogen-bond acceptors (Lipinski definition) is 5. The van der Waals surface area contributed by atoms with Crippen molar-refractivity contribution in [2.45, 2.75) is 24.3 Å². The molecule has 4 aromatic rings. The van der Waals surface area contributed by atoms with E-state index < -0.39 is 9.84 Å². The first-order valence-electron chi connectivity index (χ1n) is 10.2. The molecule has 0 spiro atoms. The highest BCUT2D eigenvalue weighted by molar-refractivity contribution is 9.10. The fraction of sp³-hybridized carbons (Fsp3) is 0.167. The van der Waals surface area contributed by atoms with Crippen LogP contribution in [0.25, 0.3) is 10.2 Å². The van der Waals surface area contributed by atoms with Gasteiger partial charge in [0, 0.05) is 15.9 Å². The molecular weight excluding hydrogens is 544 g/mol. The number of rotatable bonds is 8. The van der Waals surface area contributed by atoms with Gasteiger partial charge in [-0.15, -0.1) is 0 Å². The summed E-state index contributed by atoms with van der Waals surface area (Å²) in [5, 5.41) is 1.07. The summed E-state index contributed by atoms with van der Waals surface area (Å²) in [6.07, 6.45) is 0.310. The molecule has 0 saturated heterocycles. The molecular formula is C24H20BrClN2O3S2. The third kappa shape index (κ3) is 6.00. The Labute approximate surface area is 210 Å². The summed E-state index contributed by atoms with van der Waals surface area (Å²) >= 11 is 10.8. The van der Waals surface area contributed by atoms with E-state index in [0.717, 1.165) is 20.3 Å². The van der Waals surface area contributed by atoms with Gasteiger partial charge in [-0.1, -0.05) is 69.2 Å². The van der Waals surface area contributed by atoms with Crippen molar-refractivity contribution in [1.29, 1.82) is 0 Å². The number of amides is 1. The van der Waals surface area contributed by atoms with E-state index in [0.29, 0.717) is 16.7 Å². The first kappa shape index (κ1) is 23.9. The summed E-state index contributed by atoms with van der Waals surface area (Å²) in [5.41, 5.74) is 1.79. The van der Waals surface area contributed by atoms with Crippen LogP contribution in [0.3, 0.4) is 0 Å². The number of fused-ring (bicyclic) bond motifs is 1. The van der Waals surface area contributed by atoms with E-state index in [9.17, 15) is 13.2 Å². The van der Waals surface area contributed by atoms with Crippen LogP contribution >= 0.6 is 38.9 Å². The zero-order valence-corrected chi connectivity index (χ0v) is 21.4. The fourth-order valence-corrected chi connectivity index (χ4v) is 6.31.